The van der Waals surface area contributed by atoms with Gasteiger partial charge in [-0.15, -0.1) is 0 Å². The van der Waals surface area contributed by atoms with Crippen molar-refractivity contribution in [3.63, 3.8) is 0 Å². The van der Waals surface area contributed by atoms with Crippen LogP contribution in [0.25, 0.3) is 115 Å². The Morgan fingerprint density at radius 1 is 0.342 bits per heavy atom. The first-order chi connectivity index (χ1) is 37.9. The second kappa shape index (κ2) is 18.3. The van der Waals surface area contributed by atoms with Crippen molar-refractivity contribution in [1.82, 2.24) is 15.0 Å². The number of benzene rings is 10. The number of fused-ring (bicyclic) bond motifs is 9. The lowest BCUT2D eigenvalue weighted by atomic mass is 9.93. The molecular formula is C74H63N5. The molecule has 0 radical (unpaired) electrons. The summed E-state index contributed by atoms with van der Waals surface area (Å²) >= 11 is 0. The SMILES string of the molecule is C=C(/N=C(\N=C(/C)c1c(C)cc(C)cc1C)c1c(C)cc(C)cc1C)c1ccc2c(c1)c1cccc3c4cc5c6ccc(-c7nc(-c8c(C)cc(C)cc8C)nc(-c8c(C)cc(C)cc8C)n7)cc6c6cccc(c4cc2c13)c65. The molecule has 12 aromatic carbocycles. The molecule has 79 heavy (non-hydrogen) atoms. The minimum Gasteiger partial charge on any atom is -0.233 e. The lowest BCUT2D eigenvalue weighted by Gasteiger charge is -2.15. The number of amidine groups is 1. The number of aryl methyl sites for hydroxylation is 12. The van der Waals surface area contributed by atoms with Gasteiger partial charge in [-0.25, -0.2) is 24.9 Å². The Hall–Kier alpha value is -8.93. The van der Waals surface area contributed by atoms with Gasteiger partial charge in [-0.1, -0.05) is 138 Å². The number of nitrogens with zero attached hydrogens (tertiary/aromatic N) is 5. The van der Waals surface area contributed by atoms with Gasteiger partial charge >= 0.3 is 0 Å². The molecular weight excluding hydrogens is 959 g/mol. The number of aromatic nitrogens is 3. The summed E-state index contributed by atoms with van der Waals surface area (Å²) in [5, 5.41) is 17.3. The third kappa shape index (κ3) is 8.00. The van der Waals surface area contributed by atoms with Crippen LogP contribution in [0.15, 0.2) is 150 Å². The van der Waals surface area contributed by atoms with Crippen LogP contribution in [0.5, 0.6) is 0 Å². The first kappa shape index (κ1) is 49.6. The van der Waals surface area contributed by atoms with Gasteiger partial charge < -0.3 is 0 Å². The number of hydrogen-bond donors (Lipinski definition) is 0. The maximum atomic E-state index is 5.37. The molecule has 384 valence electrons. The Morgan fingerprint density at radius 3 is 1.18 bits per heavy atom. The molecule has 13 aromatic rings. The fourth-order valence-corrected chi connectivity index (χ4v) is 14.0. The molecule has 0 spiro atoms. The van der Waals surface area contributed by atoms with Crippen LogP contribution >= 0.6 is 0 Å². The first-order valence-corrected chi connectivity index (χ1v) is 27.6. The van der Waals surface area contributed by atoms with E-state index in [1.165, 1.54) is 109 Å². The quantitative estimate of drug-likeness (QED) is 0.0908. The number of hydrogen-bond acceptors (Lipinski definition) is 4. The Labute approximate surface area is 462 Å². The van der Waals surface area contributed by atoms with E-state index in [-0.39, 0.29) is 0 Å². The number of rotatable bonds is 7. The zero-order valence-electron chi connectivity index (χ0n) is 47.6. The van der Waals surface area contributed by atoms with Crippen molar-refractivity contribution in [3.05, 3.63) is 223 Å². The van der Waals surface area contributed by atoms with Crippen LogP contribution in [0.1, 0.15) is 90.4 Å². The fraction of sp³-hybridized carbons (Fsp3) is 0.176. The van der Waals surface area contributed by atoms with Gasteiger partial charge in [0.15, 0.2) is 23.3 Å². The second-order valence-corrected chi connectivity index (χ2v) is 22.9. The molecule has 5 heteroatoms. The molecule has 5 nitrogen and oxygen atoms in total. The van der Waals surface area contributed by atoms with E-state index >= 15 is 0 Å². The van der Waals surface area contributed by atoms with Crippen molar-refractivity contribution in [2.45, 2.75) is 90.0 Å². The average Bonchev–Trinajstić information content (AvgIpc) is 3.53. The standard InChI is InChI=1S/C74H63N5/c1-37-25-41(5)65(42(6)26-37)50(14)76-72(66-43(7)27-38(2)28-44(66)8)75-49(13)51-21-23-53-59(33-51)55-17-15-19-57-62-36-64-54-24-22-52(34-60(54)56-18-16-20-58(70(56)64)61(62)35-63(53)69(55)57)71-77-73(67-45(9)29-39(3)30-46(67)10)79-74(78-71)68-47(11)31-40(4)32-48(68)12/h15-36H,13H2,1-12,14H3/b75-72-,76-50+. The highest BCUT2D eigenvalue weighted by Crippen LogP contribution is 2.48. The van der Waals surface area contributed by atoms with E-state index in [0.29, 0.717) is 29.0 Å². The van der Waals surface area contributed by atoms with Crippen molar-refractivity contribution >= 4 is 92.7 Å². The molecule has 0 bridgehead atoms. The summed E-state index contributed by atoms with van der Waals surface area (Å²) < 4.78 is 0. The average molecular weight is 1020 g/mol. The molecule has 1 heterocycles. The Morgan fingerprint density at radius 2 is 0.722 bits per heavy atom. The van der Waals surface area contributed by atoms with Crippen molar-refractivity contribution < 1.29 is 0 Å². The van der Waals surface area contributed by atoms with Crippen molar-refractivity contribution in [3.8, 4) is 34.2 Å². The van der Waals surface area contributed by atoms with Crippen molar-refractivity contribution in [2.24, 2.45) is 9.98 Å². The summed E-state index contributed by atoms with van der Waals surface area (Å²) in [4.78, 5) is 26.6. The van der Waals surface area contributed by atoms with Gasteiger partial charge in [0, 0.05) is 39.1 Å². The molecule has 0 N–H and O–H groups in total. The van der Waals surface area contributed by atoms with Gasteiger partial charge in [0.2, 0.25) is 0 Å². The molecule has 0 amide bonds. The van der Waals surface area contributed by atoms with Gasteiger partial charge in [0.25, 0.3) is 0 Å². The van der Waals surface area contributed by atoms with E-state index < -0.39 is 0 Å². The van der Waals surface area contributed by atoms with Crippen molar-refractivity contribution in [2.75, 3.05) is 0 Å². The molecule has 13 rings (SSSR count). The maximum Gasteiger partial charge on any atom is 0.164 e. The highest BCUT2D eigenvalue weighted by atomic mass is 15.0. The summed E-state index contributed by atoms with van der Waals surface area (Å²) in [5.41, 5.74) is 22.1. The van der Waals surface area contributed by atoms with E-state index in [9.17, 15) is 0 Å². The van der Waals surface area contributed by atoms with E-state index in [1.807, 2.05) is 0 Å². The van der Waals surface area contributed by atoms with Gasteiger partial charge in [-0.3, -0.25) is 0 Å². The lowest BCUT2D eigenvalue weighted by Crippen LogP contribution is -2.10. The highest BCUT2D eigenvalue weighted by Gasteiger charge is 2.23. The van der Waals surface area contributed by atoms with Crippen LogP contribution in [0, 0.1) is 83.1 Å². The summed E-state index contributed by atoms with van der Waals surface area (Å²) in [5.74, 6) is 2.74. The predicted molar refractivity (Wildman–Crippen MR) is 339 cm³/mol. The monoisotopic (exact) mass is 1020 g/mol. The highest BCUT2D eigenvalue weighted by molar-refractivity contribution is 6.41. The molecule has 0 unspecified atom stereocenters. The van der Waals surface area contributed by atoms with Gasteiger partial charge in [-0.05, 0) is 234 Å². The van der Waals surface area contributed by atoms with Crippen LogP contribution in [0.3, 0.4) is 0 Å². The topological polar surface area (TPSA) is 63.4 Å². The summed E-state index contributed by atoms with van der Waals surface area (Å²) in [6.07, 6.45) is 0. The summed E-state index contributed by atoms with van der Waals surface area (Å²) in [7, 11) is 0. The molecule has 0 aliphatic heterocycles. The maximum absolute atomic E-state index is 5.37. The molecule has 0 saturated heterocycles. The third-order valence-corrected chi connectivity index (χ3v) is 16.8. The molecule has 0 fully saturated rings. The number of aliphatic imine (C=N–C) groups is 2. The van der Waals surface area contributed by atoms with Gasteiger partial charge in [-0.2, -0.15) is 0 Å². The van der Waals surface area contributed by atoms with Crippen LogP contribution in [0.4, 0.5) is 0 Å². The van der Waals surface area contributed by atoms with E-state index in [1.54, 1.807) is 0 Å². The zero-order valence-corrected chi connectivity index (χ0v) is 47.6. The minimum absolute atomic E-state index is 0.668. The van der Waals surface area contributed by atoms with E-state index in [2.05, 4.69) is 230 Å². The van der Waals surface area contributed by atoms with Crippen molar-refractivity contribution in [1.29, 1.82) is 0 Å². The largest absolute Gasteiger partial charge is 0.233 e. The normalized spacial score (nSPS) is 12.6. The Balaban J connectivity index is 0.959. The van der Waals surface area contributed by atoms with Gasteiger partial charge in [0.1, 0.15) is 0 Å². The second-order valence-electron chi connectivity index (χ2n) is 22.9. The zero-order chi connectivity index (χ0) is 55.0. The fourth-order valence-electron chi connectivity index (χ4n) is 14.0. The van der Waals surface area contributed by atoms with Crippen LogP contribution in [-0.4, -0.2) is 26.5 Å². The van der Waals surface area contributed by atoms with E-state index in [0.717, 1.165) is 72.5 Å². The first-order valence-electron chi connectivity index (χ1n) is 27.6. The molecule has 0 atom stereocenters. The predicted octanol–water partition coefficient (Wildman–Crippen LogP) is 19.4. The van der Waals surface area contributed by atoms with Gasteiger partial charge in [0.05, 0.1) is 5.70 Å². The minimum atomic E-state index is 0.668. The summed E-state index contributed by atoms with van der Waals surface area (Å²) in [6, 6.07) is 49.9. The molecule has 0 aliphatic rings. The Kier molecular flexibility index (Phi) is 11.5. The lowest BCUT2D eigenvalue weighted by molar-refractivity contribution is 1.06. The molecule has 0 saturated carbocycles. The molecule has 1 aromatic heterocycles. The third-order valence-electron chi connectivity index (χ3n) is 16.8. The van der Waals surface area contributed by atoms with Crippen LogP contribution in [0.2, 0.25) is 0 Å². The smallest absolute Gasteiger partial charge is 0.164 e. The van der Waals surface area contributed by atoms with E-state index in [4.69, 9.17) is 24.9 Å². The summed E-state index contributed by atoms with van der Waals surface area (Å²) in [6.45, 7) is 32.6. The van der Waals surface area contributed by atoms with Crippen LogP contribution < -0.4 is 0 Å². The molecule has 0 aliphatic carbocycles. The van der Waals surface area contributed by atoms with Crippen LogP contribution in [-0.2, 0) is 0 Å². The Bertz CT molecular complexity index is 4700.